The summed E-state index contributed by atoms with van der Waals surface area (Å²) in [7, 11) is 0. The number of nitrogens with zero attached hydrogens (tertiary/aromatic N) is 1. The highest BCUT2D eigenvalue weighted by Crippen LogP contribution is 2.31. The SMILES string of the molecule is CCNC(=O)[C@@H](C)N(Cc1cccc(Br)c1)C(=O)CCc1ccc2c(c1)OCCO2. The quantitative estimate of drug-likeness (QED) is 0.633. The number of hydrogen-bond donors (Lipinski definition) is 1. The van der Waals surface area contributed by atoms with Crippen LogP contribution in [0.5, 0.6) is 11.5 Å². The van der Waals surface area contributed by atoms with E-state index in [9.17, 15) is 9.59 Å². The summed E-state index contributed by atoms with van der Waals surface area (Å²) < 4.78 is 12.1. The van der Waals surface area contributed by atoms with Crippen molar-refractivity contribution in [2.24, 2.45) is 0 Å². The Kier molecular flexibility index (Phi) is 7.74. The molecule has 1 aliphatic rings. The van der Waals surface area contributed by atoms with E-state index in [1.54, 1.807) is 11.8 Å². The summed E-state index contributed by atoms with van der Waals surface area (Å²) in [5.41, 5.74) is 1.97. The minimum Gasteiger partial charge on any atom is -0.486 e. The van der Waals surface area contributed by atoms with Gasteiger partial charge >= 0.3 is 0 Å². The van der Waals surface area contributed by atoms with Crippen molar-refractivity contribution >= 4 is 27.7 Å². The van der Waals surface area contributed by atoms with Crippen LogP contribution in [-0.2, 0) is 22.6 Å². The molecule has 0 saturated carbocycles. The molecule has 0 saturated heterocycles. The number of aryl methyl sites for hydroxylation is 1. The molecule has 2 aromatic carbocycles. The van der Waals surface area contributed by atoms with Crippen LogP contribution in [0.4, 0.5) is 0 Å². The highest BCUT2D eigenvalue weighted by molar-refractivity contribution is 9.10. The molecule has 0 fully saturated rings. The van der Waals surface area contributed by atoms with Crippen LogP contribution in [-0.4, -0.2) is 42.5 Å². The molecule has 0 aromatic heterocycles. The molecule has 30 heavy (non-hydrogen) atoms. The minimum absolute atomic E-state index is 0.0661. The lowest BCUT2D eigenvalue weighted by Crippen LogP contribution is -2.47. The number of likely N-dealkylation sites (N-methyl/N-ethyl adjacent to an activating group) is 1. The standard InChI is InChI=1S/C23H27BrN2O4/c1-3-25-23(28)16(2)26(15-18-5-4-6-19(24)13-18)22(27)10-8-17-7-9-20-21(14-17)30-12-11-29-20/h4-7,9,13-14,16H,3,8,10-12,15H2,1-2H3,(H,25,28)/t16-/m1/s1. The predicted octanol–water partition coefficient (Wildman–Crippen LogP) is 3.71. The molecule has 1 N–H and O–H groups in total. The Bertz CT molecular complexity index is 903. The van der Waals surface area contributed by atoms with Gasteiger partial charge in [-0.25, -0.2) is 0 Å². The second kappa shape index (κ2) is 10.5. The molecule has 7 heteroatoms. The highest BCUT2D eigenvalue weighted by atomic mass is 79.9. The molecule has 6 nitrogen and oxygen atoms in total. The third-order valence-electron chi connectivity index (χ3n) is 4.99. The van der Waals surface area contributed by atoms with Crippen molar-refractivity contribution in [3.63, 3.8) is 0 Å². The van der Waals surface area contributed by atoms with Crippen molar-refractivity contribution in [3.05, 3.63) is 58.1 Å². The Morgan fingerprint density at radius 2 is 1.87 bits per heavy atom. The number of carbonyl (C=O) groups excluding carboxylic acids is 2. The largest absolute Gasteiger partial charge is 0.486 e. The number of ether oxygens (including phenoxy) is 2. The molecule has 0 bridgehead atoms. The second-order valence-electron chi connectivity index (χ2n) is 7.20. The summed E-state index contributed by atoms with van der Waals surface area (Å²) in [4.78, 5) is 27.2. The number of rotatable bonds is 8. The van der Waals surface area contributed by atoms with Gasteiger partial charge in [0.2, 0.25) is 11.8 Å². The Labute approximate surface area is 185 Å². The van der Waals surface area contributed by atoms with E-state index in [0.29, 0.717) is 44.9 Å². The first-order valence-electron chi connectivity index (χ1n) is 10.2. The van der Waals surface area contributed by atoms with E-state index < -0.39 is 6.04 Å². The molecule has 1 heterocycles. The van der Waals surface area contributed by atoms with E-state index in [4.69, 9.17) is 9.47 Å². The normalized spacial score (nSPS) is 13.4. The Balaban J connectivity index is 1.71. The van der Waals surface area contributed by atoms with Gasteiger partial charge < -0.3 is 19.7 Å². The molecule has 3 rings (SSSR count). The number of benzene rings is 2. The Morgan fingerprint density at radius 3 is 2.60 bits per heavy atom. The van der Waals surface area contributed by atoms with E-state index in [2.05, 4.69) is 21.2 Å². The van der Waals surface area contributed by atoms with E-state index in [1.807, 2.05) is 49.4 Å². The summed E-state index contributed by atoms with van der Waals surface area (Å²) in [5, 5.41) is 2.81. The molecule has 160 valence electrons. The van der Waals surface area contributed by atoms with Gasteiger partial charge in [0.05, 0.1) is 0 Å². The lowest BCUT2D eigenvalue weighted by Gasteiger charge is -2.29. The minimum atomic E-state index is -0.559. The highest BCUT2D eigenvalue weighted by Gasteiger charge is 2.25. The van der Waals surface area contributed by atoms with Crippen molar-refractivity contribution in [1.82, 2.24) is 10.2 Å². The maximum absolute atomic E-state index is 13.1. The number of hydrogen-bond acceptors (Lipinski definition) is 4. The van der Waals surface area contributed by atoms with E-state index in [1.165, 1.54) is 0 Å². The first kappa shape index (κ1) is 22.2. The average Bonchev–Trinajstić information content (AvgIpc) is 2.75. The Hall–Kier alpha value is -2.54. The van der Waals surface area contributed by atoms with Gasteiger partial charge in [-0.05, 0) is 55.7 Å². The van der Waals surface area contributed by atoms with Crippen molar-refractivity contribution in [2.75, 3.05) is 19.8 Å². The summed E-state index contributed by atoms with van der Waals surface area (Å²) >= 11 is 3.47. The van der Waals surface area contributed by atoms with E-state index in [-0.39, 0.29) is 11.8 Å². The summed E-state index contributed by atoms with van der Waals surface area (Å²) in [6.45, 7) is 5.61. The first-order valence-corrected chi connectivity index (χ1v) is 11.0. The van der Waals surface area contributed by atoms with Crippen molar-refractivity contribution < 1.29 is 19.1 Å². The zero-order valence-corrected chi connectivity index (χ0v) is 18.9. The number of carbonyl (C=O) groups is 2. The molecule has 0 spiro atoms. The van der Waals surface area contributed by atoms with E-state index >= 15 is 0 Å². The van der Waals surface area contributed by atoms with Gasteiger partial charge in [-0.15, -0.1) is 0 Å². The zero-order chi connectivity index (χ0) is 21.5. The fourth-order valence-electron chi connectivity index (χ4n) is 3.37. The maximum atomic E-state index is 13.1. The van der Waals surface area contributed by atoms with Gasteiger partial charge in [-0.2, -0.15) is 0 Å². The van der Waals surface area contributed by atoms with Gasteiger partial charge in [-0.3, -0.25) is 9.59 Å². The molecule has 2 amide bonds. The van der Waals surface area contributed by atoms with Crippen LogP contribution in [0.3, 0.4) is 0 Å². The maximum Gasteiger partial charge on any atom is 0.242 e. The van der Waals surface area contributed by atoms with E-state index in [0.717, 1.165) is 21.3 Å². The number of amides is 2. The fraction of sp³-hybridized carbons (Fsp3) is 0.391. The topological polar surface area (TPSA) is 67.9 Å². The van der Waals surface area contributed by atoms with Crippen LogP contribution in [0.15, 0.2) is 46.9 Å². The van der Waals surface area contributed by atoms with Gasteiger partial charge in [0, 0.05) is 24.0 Å². The van der Waals surface area contributed by atoms with Crippen LogP contribution in [0.25, 0.3) is 0 Å². The van der Waals surface area contributed by atoms with Gasteiger partial charge in [0.1, 0.15) is 19.3 Å². The van der Waals surface area contributed by atoms with Crippen LogP contribution in [0, 0.1) is 0 Å². The fourth-order valence-corrected chi connectivity index (χ4v) is 3.82. The van der Waals surface area contributed by atoms with Crippen molar-refractivity contribution in [2.45, 2.75) is 39.3 Å². The Morgan fingerprint density at radius 1 is 1.10 bits per heavy atom. The molecular weight excluding hydrogens is 448 g/mol. The predicted molar refractivity (Wildman–Crippen MR) is 119 cm³/mol. The van der Waals surface area contributed by atoms with Crippen molar-refractivity contribution in [1.29, 1.82) is 0 Å². The zero-order valence-electron chi connectivity index (χ0n) is 17.3. The summed E-state index contributed by atoms with van der Waals surface area (Å²) in [6, 6.07) is 13.0. The van der Waals surface area contributed by atoms with Gasteiger partial charge in [0.15, 0.2) is 11.5 Å². The lowest BCUT2D eigenvalue weighted by atomic mass is 10.1. The number of halogens is 1. The van der Waals surface area contributed by atoms with Crippen LogP contribution in [0.2, 0.25) is 0 Å². The second-order valence-corrected chi connectivity index (χ2v) is 8.12. The summed E-state index contributed by atoms with van der Waals surface area (Å²) in [6.07, 6.45) is 0.865. The third kappa shape index (κ3) is 5.75. The number of fused-ring (bicyclic) bond motifs is 1. The van der Waals surface area contributed by atoms with Crippen LogP contribution >= 0.6 is 15.9 Å². The molecule has 0 unspecified atom stereocenters. The first-order chi connectivity index (χ1) is 14.5. The number of nitrogens with one attached hydrogen (secondary N) is 1. The molecule has 0 radical (unpaired) electrons. The van der Waals surface area contributed by atoms with Gasteiger partial charge in [-0.1, -0.05) is 34.1 Å². The third-order valence-corrected chi connectivity index (χ3v) is 5.49. The van der Waals surface area contributed by atoms with Crippen molar-refractivity contribution in [3.8, 4) is 11.5 Å². The lowest BCUT2D eigenvalue weighted by molar-refractivity contribution is -0.140. The van der Waals surface area contributed by atoms with Gasteiger partial charge in [0.25, 0.3) is 0 Å². The summed E-state index contributed by atoms with van der Waals surface area (Å²) in [5.74, 6) is 1.23. The molecule has 1 atom stereocenters. The monoisotopic (exact) mass is 474 g/mol. The smallest absolute Gasteiger partial charge is 0.242 e. The molecular formula is C23H27BrN2O4. The van der Waals surface area contributed by atoms with Crippen LogP contribution < -0.4 is 14.8 Å². The molecule has 2 aromatic rings. The van der Waals surface area contributed by atoms with Crippen LogP contribution in [0.1, 0.15) is 31.4 Å². The molecule has 0 aliphatic carbocycles. The molecule has 1 aliphatic heterocycles. The average molecular weight is 475 g/mol.